The number of ketones is 1. The molecule has 4 rings (SSSR count). The number of Topliss-reactive ketones (excluding diaryl/α,β-unsaturated/α-hetero) is 1. The van der Waals surface area contributed by atoms with Gasteiger partial charge in [-0.05, 0) is 34.6 Å². The number of esters is 1. The molecule has 4 heteroatoms. The highest BCUT2D eigenvalue weighted by Crippen LogP contribution is 2.47. The molecule has 2 aliphatic heterocycles. The smallest absolute Gasteiger partial charge is 0.346 e. The number of hydrogen-bond donors (Lipinski definition) is 1. The largest absolute Gasteiger partial charge is 0.422 e. The van der Waals surface area contributed by atoms with Crippen molar-refractivity contribution in [2.75, 3.05) is 5.32 Å². The maximum atomic E-state index is 13.0. The lowest BCUT2D eigenvalue weighted by Crippen LogP contribution is -2.17. The number of nitrogens with one attached hydrogen (secondary N) is 1. The summed E-state index contributed by atoms with van der Waals surface area (Å²) < 4.78 is 5.72. The lowest BCUT2D eigenvalue weighted by molar-refractivity contribution is -0.127. The quantitative estimate of drug-likeness (QED) is 0.390. The number of anilines is 1. The Labute approximate surface area is 165 Å². The van der Waals surface area contributed by atoms with Gasteiger partial charge in [0.25, 0.3) is 0 Å². The van der Waals surface area contributed by atoms with Gasteiger partial charge < -0.3 is 10.1 Å². The van der Waals surface area contributed by atoms with Crippen molar-refractivity contribution >= 4 is 23.0 Å². The zero-order chi connectivity index (χ0) is 20.4. The lowest BCUT2D eigenvalue weighted by atomic mass is 9.78. The minimum absolute atomic E-state index is 0.105. The Bertz CT molecular complexity index is 1060. The van der Waals surface area contributed by atoms with E-state index in [1.807, 2.05) is 24.3 Å². The molecule has 0 spiro atoms. The average Bonchev–Trinajstić information content (AvgIpc) is 3.08. The molecule has 2 aromatic rings. The highest BCUT2D eigenvalue weighted by Gasteiger charge is 2.40. The Kier molecular flexibility index (Phi) is 3.83. The predicted molar refractivity (Wildman–Crippen MR) is 111 cm³/mol. The number of para-hydroxylation sites is 1. The van der Waals surface area contributed by atoms with Gasteiger partial charge in [0.05, 0.1) is 5.57 Å². The minimum Gasteiger partial charge on any atom is -0.422 e. The first-order chi connectivity index (χ1) is 13.0. The summed E-state index contributed by atoms with van der Waals surface area (Å²) in [5.74, 6) is -0.0809. The molecule has 0 aliphatic carbocycles. The second-order valence-corrected chi connectivity index (χ2v) is 9.54. The summed E-state index contributed by atoms with van der Waals surface area (Å²) in [5.41, 5.74) is 4.40. The van der Waals surface area contributed by atoms with Gasteiger partial charge in [0.1, 0.15) is 11.4 Å². The third-order valence-corrected chi connectivity index (χ3v) is 5.34. The first-order valence-corrected chi connectivity index (χ1v) is 9.55. The standard InChI is InChI=1S/C24H25NO3/c1-23(2,3)13-11-15-18(19-20(26)14-9-7-8-10-17(14)25-19)22(27)28-21(15)16(12-13)24(4,5)6/h7-12,25H,1-6H3/b19-18+. The van der Waals surface area contributed by atoms with E-state index in [9.17, 15) is 9.59 Å². The zero-order valence-electron chi connectivity index (χ0n) is 17.2. The molecule has 0 unspecified atom stereocenters. The van der Waals surface area contributed by atoms with Gasteiger partial charge in [-0.3, -0.25) is 4.79 Å². The summed E-state index contributed by atoms with van der Waals surface area (Å²) in [5, 5.41) is 3.14. The van der Waals surface area contributed by atoms with Crippen LogP contribution in [0.3, 0.4) is 0 Å². The summed E-state index contributed by atoms with van der Waals surface area (Å²) >= 11 is 0. The van der Waals surface area contributed by atoms with E-state index in [2.05, 4.69) is 52.9 Å². The summed E-state index contributed by atoms with van der Waals surface area (Å²) in [6.45, 7) is 12.7. The molecule has 0 radical (unpaired) electrons. The Morgan fingerprint density at radius 3 is 2.14 bits per heavy atom. The number of benzene rings is 2. The first-order valence-electron chi connectivity index (χ1n) is 9.55. The second kappa shape index (κ2) is 5.81. The maximum Gasteiger partial charge on any atom is 0.346 e. The van der Waals surface area contributed by atoms with E-state index >= 15 is 0 Å². The number of carbonyl (C=O) groups excluding carboxylic acids is 2. The van der Waals surface area contributed by atoms with Crippen LogP contribution in [0.4, 0.5) is 5.69 Å². The summed E-state index contributed by atoms with van der Waals surface area (Å²) in [6.07, 6.45) is 0. The van der Waals surface area contributed by atoms with Crippen molar-refractivity contribution in [3.63, 3.8) is 0 Å². The molecule has 1 N–H and O–H groups in total. The van der Waals surface area contributed by atoms with Gasteiger partial charge in [-0.25, -0.2) is 4.79 Å². The molecular weight excluding hydrogens is 350 g/mol. The molecule has 0 saturated carbocycles. The van der Waals surface area contributed by atoms with Crippen LogP contribution >= 0.6 is 0 Å². The van der Waals surface area contributed by atoms with Gasteiger partial charge in [0.2, 0.25) is 5.78 Å². The molecule has 4 nitrogen and oxygen atoms in total. The molecule has 0 aromatic heterocycles. The second-order valence-electron chi connectivity index (χ2n) is 9.54. The van der Waals surface area contributed by atoms with Crippen molar-refractivity contribution < 1.29 is 14.3 Å². The molecule has 28 heavy (non-hydrogen) atoms. The molecule has 0 fully saturated rings. The van der Waals surface area contributed by atoms with E-state index < -0.39 is 5.97 Å². The van der Waals surface area contributed by atoms with Crippen molar-refractivity contribution in [3.8, 4) is 5.75 Å². The minimum atomic E-state index is -0.477. The number of allylic oxidation sites excluding steroid dienone is 1. The van der Waals surface area contributed by atoms with Crippen molar-refractivity contribution in [2.24, 2.45) is 0 Å². The molecule has 0 amide bonds. The Morgan fingerprint density at radius 2 is 1.54 bits per heavy atom. The highest BCUT2D eigenvalue weighted by atomic mass is 16.5. The van der Waals surface area contributed by atoms with E-state index in [1.54, 1.807) is 6.07 Å². The van der Waals surface area contributed by atoms with E-state index in [1.165, 1.54) is 0 Å². The fourth-order valence-corrected chi connectivity index (χ4v) is 3.70. The molecule has 144 valence electrons. The van der Waals surface area contributed by atoms with Crippen LogP contribution in [0.25, 0.3) is 5.57 Å². The van der Waals surface area contributed by atoms with Crippen LogP contribution in [0.5, 0.6) is 5.75 Å². The SMILES string of the molecule is CC(C)(C)c1cc2c(c(C(C)(C)C)c1)OC(=O)/C2=C1/Nc2ccccc2C1=O. The van der Waals surface area contributed by atoms with E-state index in [-0.39, 0.29) is 16.6 Å². The molecule has 2 aromatic carbocycles. The van der Waals surface area contributed by atoms with Gasteiger partial charge in [-0.2, -0.15) is 0 Å². The van der Waals surface area contributed by atoms with Crippen LogP contribution < -0.4 is 10.1 Å². The Hall–Kier alpha value is -2.88. The maximum absolute atomic E-state index is 13.0. The van der Waals surface area contributed by atoms with Crippen molar-refractivity contribution in [2.45, 2.75) is 52.4 Å². The third-order valence-electron chi connectivity index (χ3n) is 5.34. The number of rotatable bonds is 0. The van der Waals surface area contributed by atoms with Crippen molar-refractivity contribution in [1.29, 1.82) is 0 Å². The molecule has 0 saturated heterocycles. The number of fused-ring (bicyclic) bond motifs is 2. The molecule has 2 aliphatic rings. The first kappa shape index (κ1) is 18.5. The third kappa shape index (κ3) is 2.75. The topological polar surface area (TPSA) is 55.4 Å². The van der Waals surface area contributed by atoms with Gasteiger partial charge in [-0.15, -0.1) is 0 Å². The Morgan fingerprint density at radius 1 is 0.857 bits per heavy atom. The van der Waals surface area contributed by atoms with Crippen LogP contribution in [-0.4, -0.2) is 11.8 Å². The van der Waals surface area contributed by atoms with E-state index in [4.69, 9.17) is 4.74 Å². The molecule has 2 heterocycles. The van der Waals surface area contributed by atoms with Gasteiger partial charge in [0.15, 0.2) is 0 Å². The lowest BCUT2D eigenvalue weighted by Gasteiger charge is -2.26. The van der Waals surface area contributed by atoms with Crippen LogP contribution in [0.2, 0.25) is 0 Å². The fraction of sp³-hybridized carbons (Fsp3) is 0.333. The Balaban J connectivity index is 1.99. The molecule has 0 atom stereocenters. The normalized spacial score (nSPS) is 18.6. The highest BCUT2D eigenvalue weighted by molar-refractivity contribution is 6.33. The summed E-state index contributed by atoms with van der Waals surface area (Å²) in [4.78, 5) is 25.9. The number of carbonyl (C=O) groups is 2. The van der Waals surface area contributed by atoms with Crippen molar-refractivity contribution in [3.05, 3.63) is 64.3 Å². The van der Waals surface area contributed by atoms with E-state index in [0.717, 1.165) is 16.8 Å². The van der Waals surface area contributed by atoms with Gasteiger partial charge in [0, 0.05) is 22.4 Å². The molecular formula is C24H25NO3. The number of hydrogen-bond acceptors (Lipinski definition) is 4. The van der Waals surface area contributed by atoms with Crippen molar-refractivity contribution in [1.82, 2.24) is 0 Å². The number of ether oxygens (including phenoxy) is 1. The molecule has 0 bridgehead atoms. The predicted octanol–water partition coefficient (Wildman–Crippen LogP) is 5.22. The summed E-state index contributed by atoms with van der Waals surface area (Å²) in [6, 6.07) is 11.4. The van der Waals surface area contributed by atoms with Crippen LogP contribution in [0, 0.1) is 0 Å². The van der Waals surface area contributed by atoms with Crippen LogP contribution in [0.15, 0.2) is 42.1 Å². The fourth-order valence-electron chi connectivity index (χ4n) is 3.70. The van der Waals surface area contributed by atoms with Gasteiger partial charge in [-0.1, -0.05) is 59.7 Å². The van der Waals surface area contributed by atoms with Crippen LogP contribution in [-0.2, 0) is 15.6 Å². The monoisotopic (exact) mass is 375 g/mol. The van der Waals surface area contributed by atoms with Crippen LogP contribution in [0.1, 0.15) is 68.6 Å². The average molecular weight is 375 g/mol. The van der Waals surface area contributed by atoms with E-state index in [0.29, 0.717) is 28.1 Å². The van der Waals surface area contributed by atoms with Gasteiger partial charge >= 0.3 is 5.97 Å². The summed E-state index contributed by atoms with van der Waals surface area (Å²) in [7, 11) is 0. The zero-order valence-corrected chi connectivity index (χ0v) is 17.2.